The molecule has 0 bridgehead atoms. The van der Waals surface area contributed by atoms with Gasteiger partial charge >= 0.3 is 0 Å². The molecule has 0 fully saturated rings. The van der Waals surface area contributed by atoms with E-state index in [0.29, 0.717) is 4.77 Å². The smallest absolute Gasteiger partial charge is 0.242 e. The average Bonchev–Trinajstić information content (AvgIpc) is 2.82. The molecular formula is C15H19N3OS. The summed E-state index contributed by atoms with van der Waals surface area (Å²) < 4.78 is 2.36. The molecule has 0 atom stereocenters. The van der Waals surface area contributed by atoms with Crippen LogP contribution >= 0.6 is 12.2 Å². The van der Waals surface area contributed by atoms with E-state index in [0.717, 1.165) is 24.3 Å². The Hall–Kier alpha value is -1.88. The molecule has 0 saturated carbocycles. The number of amides is 1. The lowest BCUT2D eigenvalue weighted by atomic mass is 10.2. The highest BCUT2D eigenvalue weighted by Gasteiger charge is 2.11. The molecule has 0 aliphatic rings. The van der Waals surface area contributed by atoms with Crippen LogP contribution in [0.4, 0.5) is 0 Å². The number of nitrogens with zero attached hydrogens (tertiary/aromatic N) is 2. The van der Waals surface area contributed by atoms with E-state index in [1.54, 1.807) is 9.47 Å². The van der Waals surface area contributed by atoms with E-state index in [9.17, 15) is 4.79 Å². The summed E-state index contributed by atoms with van der Waals surface area (Å²) in [5, 5.41) is 0. The van der Waals surface area contributed by atoms with Crippen LogP contribution in [-0.2, 0) is 11.3 Å². The molecule has 0 unspecified atom stereocenters. The van der Waals surface area contributed by atoms with E-state index in [1.807, 2.05) is 50.4 Å². The Labute approximate surface area is 124 Å². The van der Waals surface area contributed by atoms with E-state index < -0.39 is 0 Å². The van der Waals surface area contributed by atoms with Gasteiger partial charge in [0.15, 0.2) is 4.77 Å². The van der Waals surface area contributed by atoms with Crippen molar-refractivity contribution in [1.29, 1.82) is 0 Å². The minimum Gasteiger partial charge on any atom is -0.342 e. The number of nitrogens with one attached hydrogen (secondary N) is 1. The zero-order chi connectivity index (χ0) is 14.5. The van der Waals surface area contributed by atoms with Crippen LogP contribution in [0.1, 0.15) is 13.8 Å². The summed E-state index contributed by atoms with van der Waals surface area (Å²) in [7, 11) is 0. The first-order chi connectivity index (χ1) is 9.65. The maximum atomic E-state index is 12.1. The third-order valence-corrected chi connectivity index (χ3v) is 3.63. The summed E-state index contributed by atoms with van der Waals surface area (Å²) in [5.74, 6) is 0.0877. The molecule has 2 rings (SSSR count). The molecular weight excluding hydrogens is 270 g/mol. The molecule has 0 spiro atoms. The number of imidazole rings is 1. The summed E-state index contributed by atoms with van der Waals surface area (Å²) >= 11 is 5.29. The van der Waals surface area contributed by atoms with Gasteiger partial charge in [-0.25, -0.2) is 0 Å². The first kappa shape index (κ1) is 14.5. The summed E-state index contributed by atoms with van der Waals surface area (Å²) in [4.78, 5) is 17.1. The molecule has 0 aliphatic heterocycles. The Morgan fingerprint density at radius 1 is 1.25 bits per heavy atom. The minimum atomic E-state index is 0.0877. The van der Waals surface area contributed by atoms with Gasteiger partial charge in [-0.05, 0) is 31.6 Å². The molecule has 0 aliphatic carbocycles. The third-order valence-electron chi connectivity index (χ3n) is 3.29. The zero-order valence-corrected chi connectivity index (χ0v) is 12.6. The largest absolute Gasteiger partial charge is 0.342 e. The molecule has 1 N–H and O–H groups in total. The third kappa shape index (κ3) is 3.17. The number of hydrogen-bond donors (Lipinski definition) is 1. The van der Waals surface area contributed by atoms with E-state index in [-0.39, 0.29) is 12.5 Å². The predicted octanol–water partition coefficient (Wildman–Crippen LogP) is 3.08. The Bertz CT molecular complexity index is 626. The number of H-pyrrole nitrogens is 1. The van der Waals surface area contributed by atoms with Gasteiger partial charge in [-0.1, -0.05) is 30.3 Å². The number of benzene rings is 1. The first-order valence-electron chi connectivity index (χ1n) is 6.78. The number of aromatic amines is 1. The molecule has 0 radical (unpaired) electrons. The standard InChI is InChI=1S/C15H19N3OS/c1-3-17(4-2)14(19)11-18-10-13(16-15(18)20)12-8-6-5-7-9-12/h5-10H,3-4,11H2,1-2H3,(H,16,20). The average molecular weight is 289 g/mol. The van der Waals surface area contributed by atoms with Crippen LogP contribution in [0.15, 0.2) is 36.5 Å². The predicted molar refractivity (Wildman–Crippen MR) is 83.0 cm³/mol. The minimum absolute atomic E-state index is 0.0877. The molecule has 20 heavy (non-hydrogen) atoms. The van der Waals surface area contributed by atoms with Crippen LogP contribution in [0.2, 0.25) is 0 Å². The second-order valence-electron chi connectivity index (χ2n) is 4.53. The number of likely N-dealkylation sites (N-methyl/N-ethyl adjacent to an activating group) is 1. The van der Waals surface area contributed by atoms with Crippen molar-refractivity contribution in [2.75, 3.05) is 13.1 Å². The Balaban J connectivity index is 2.21. The SMILES string of the molecule is CCN(CC)C(=O)Cn1cc(-c2ccccc2)[nH]c1=S. The van der Waals surface area contributed by atoms with Gasteiger partial charge in [-0.2, -0.15) is 0 Å². The van der Waals surface area contributed by atoms with E-state index in [2.05, 4.69) is 4.98 Å². The fraction of sp³-hybridized carbons (Fsp3) is 0.333. The van der Waals surface area contributed by atoms with E-state index in [1.165, 1.54) is 0 Å². The molecule has 106 valence electrons. The number of hydrogen-bond acceptors (Lipinski definition) is 2. The highest BCUT2D eigenvalue weighted by atomic mass is 32.1. The molecule has 1 aromatic heterocycles. The van der Waals surface area contributed by atoms with Crippen molar-refractivity contribution in [3.8, 4) is 11.3 Å². The van der Waals surface area contributed by atoms with Crippen LogP contribution in [0.25, 0.3) is 11.3 Å². The normalized spacial score (nSPS) is 10.5. The molecule has 1 amide bonds. The van der Waals surface area contributed by atoms with Gasteiger partial charge in [-0.15, -0.1) is 0 Å². The van der Waals surface area contributed by atoms with Gasteiger partial charge < -0.3 is 14.5 Å². The van der Waals surface area contributed by atoms with Crippen LogP contribution in [0.3, 0.4) is 0 Å². The van der Waals surface area contributed by atoms with Crippen molar-refractivity contribution in [3.63, 3.8) is 0 Å². The second-order valence-corrected chi connectivity index (χ2v) is 4.92. The van der Waals surface area contributed by atoms with Crippen molar-refractivity contribution >= 4 is 18.1 Å². The van der Waals surface area contributed by atoms with Crippen LogP contribution in [-0.4, -0.2) is 33.4 Å². The van der Waals surface area contributed by atoms with Gasteiger partial charge in [0.05, 0.1) is 5.69 Å². The lowest BCUT2D eigenvalue weighted by molar-refractivity contribution is -0.131. The van der Waals surface area contributed by atoms with Crippen molar-refractivity contribution in [2.45, 2.75) is 20.4 Å². The van der Waals surface area contributed by atoms with E-state index in [4.69, 9.17) is 12.2 Å². The maximum absolute atomic E-state index is 12.1. The van der Waals surface area contributed by atoms with Gasteiger partial charge in [0.1, 0.15) is 6.54 Å². The molecule has 5 heteroatoms. The molecule has 1 aromatic carbocycles. The first-order valence-corrected chi connectivity index (χ1v) is 7.19. The van der Waals surface area contributed by atoms with Crippen molar-refractivity contribution < 1.29 is 4.79 Å². The Morgan fingerprint density at radius 2 is 1.90 bits per heavy atom. The molecule has 2 aromatic rings. The topological polar surface area (TPSA) is 41.0 Å². The molecule has 1 heterocycles. The lowest BCUT2D eigenvalue weighted by Gasteiger charge is -2.18. The highest BCUT2D eigenvalue weighted by molar-refractivity contribution is 7.71. The summed E-state index contributed by atoms with van der Waals surface area (Å²) in [5.41, 5.74) is 2.00. The van der Waals surface area contributed by atoms with Crippen molar-refractivity contribution in [2.24, 2.45) is 0 Å². The van der Waals surface area contributed by atoms with Gasteiger partial charge in [0.25, 0.3) is 0 Å². The van der Waals surface area contributed by atoms with Crippen LogP contribution < -0.4 is 0 Å². The lowest BCUT2D eigenvalue weighted by Crippen LogP contribution is -2.33. The maximum Gasteiger partial charge on any atom is 0.242 e. The fourth-order valence-corrected chi connectivity index (χ4v) is 2.36. The second kappa shape index (κ2) is 6.52. The number of aromatic nitrogens is 2. The van der Waals surface area contributed by atoms with Gasteiger partial charge in [-0.3, -0.25) is 4.79 Å². The number of carbonyl (C=O) groups excluding carboxylic acids is 1. The summed E-state index contributed by atoms with van der Waals surface area (Å²) in [6.07, 6.45) is 1.90. The van der Waals surface area contributed by atoms with Crippen LogP contribution in [0.5, 0.6) is 0 Å². The Kier molecular flexibility index (Phi) is 4.74. The molecule has 0 saturated heterocycles. The Morgan fingerprint density at radius 3 is 2.50 bits per heavy atom. The van der Waals surface area contributed by atoms with Gasteiger partial charge in [0.2, 0.25) is 5.91 Å². The zero-order valence-electron chi connectivity index (χ0n) is 11.8. The highest BCUT2D eigenvalue weighted by Crippen LogP contribution is 2.16. The van der Waals surface area contributed by atoms with E-state index >= 15 is 0 Å². The fourth-order valence-electron chi connectivity index (χ4n) is 2.14. The number of carbonyl (C=O) groups is 1. The van der Waals surface area contributed by atoms with Crippen molar-refractivity contribution in [1.82, 2.24) is 14.5 Å². The summed E-state index contributed by atoms with van der Waals surface area (Å²) in [6, 6.07) is 9.95. The van der Waals surface area contributed by atoms with Crippen molar-refractivity contribution in [3.05, 3.63) is 41.3 Å². The monoisotopic (exact) mass is 289 g/mol. The molecule has 4 nitrogen and oxygen atoms in total. The number of rotatable bonds is 5. The van der Waals surface area contributed by atoms with Crippen LogP contribution in [0, 0.1) is 4.77 Å². The quantitative estimate of drug-likeness (QED) is 0.859. The van der Waals surface area contributed by atoms with Gasteiger partial charge in [0, 0.05) is 19.3 Å². The summed E-state index contributed by atoms with van der Waals surface area (Å²) in [6.45, 7) is 5.68.